The van der Waals surface area contributed by atoms with Gasteiger partial charge in [-0.1, -0.05) is 6.42 Å². The van der Waals surface area contributed by atoms with Crippen molar-refractivity contribution in [3.05, 3.63) is 29.8 Å². The van der Waals surface area contributed by atoms with Crippen molar-refractivity contribution >= 4 is 0 Å². The molecule has 0 saturated carbocycles. The van der Waals surface area contributed by atoms with Gasteiger partial charge in [0, 0.05) is 19.3 Å². The third kappa shape index (κ3) is 2.77. The highest BCUT2D eigenvalue weighted by molar-refractivity contribution is 5.16. The van der Waals surface area contributed by atoms with Crippen LogP contribution in [0.2, 0.25) is 0 Å². The summed E-state index contributed by atoms with van der Waals surface area (Å²) >= 11 is 0. The molecule has 0 amide bonds. The summed E-state index contributed by atoms with van der Waals surface area (Å²) in [6.07, 6.45) is 6.55. The maximum atomic E-state index is 13.1. The maximum absolute atomic E-state index is 13.1. The van der Waals surface area contributed by atoms with Crippen molar-refractivity contribution in [1.82, 2.24) is 15.4 Å². The van der Waals surface area contributed by atoms with Crippen LogP contribution in [0.1, 0.15) is 30.7 Å². The van der Waals surface area contributed by atoms with E-state index in [4.69, 9.17) is 0 Å². The van der Waals surface area contributed by atoms with Crippen LogP contribution >= 0.6 is 0 Å². The van der Waals surface area contributed by atoms with Crippen LogP contribution in [0.25, 0.3) is 0 Å². The van der Waals surface area contributed by atoms with Gasteiger partial charge in [0.05, 0.1) is 6.20 Å². The fraction of sp³-hybridized carbons (Fsp3) is 0.583. The average Bonchev–Trinajstić information content (AvgIpc) is 2.54. The van der Waals surface area contributed by atoms with Crippen molar-refractivity contribution in [3.63, 3.8) is 0 Å². The number of hydrogen-bond donors (Lipinski definition) is 1. The van der Waals surface area contributed by atoms with Gasteiger partial charge in [0.1, 0.15) is 5.82 Å². The number of rotatable bonds is 2. The van der Waals surface area contributed by atoms with Crippen molar-refractivity contribution in [1.29, 1.82) is 0 Å². The highest BCUT2D eigenvalue weighted by atomic mass is 19.1. The fourth-order valence-corrected chi connectivity index (χ4v) is 2.27. The van der Waals surface area contributed by atoms with E-state index >= 15 is 0 Å². The predicted octanol–water partition coefficient (Wildman–Crippen LogP) is 1.92. The summed E-state index contributed by atoms with van der Waals surface area (Å²) in [4.78, 5) is 3.93. The third-order valence-corrected chi connectivity index (χ3v) is 3.19. The van der Waals surface area contributed by atoms with Gasteiger partial charge in [-0.2, -0.15) is 0 Å². The molecule has 1 fully saturated rings. The maximum Gasteiger partial charge on any atom is 0.141 e. The van der Waals surface area contributed by atoms with Gasteiger partial charge in [-0.15, -0.1) is 0 Å². The fourth-order valence-electron chi connectivity index (χ4n) is 2.27. The van der Waals surface area contributed by atoms with E-state index in [1.807, 2.05) is 7.05 Å². The van der Waals surface area contributed by atoms with Crippen molar-refractivity contribution in [3.8, 4) is 0 Å². The van der Waals surface area contributed by atoms with E-state index in [0.717, 1.165) is 25.1 Å². The zero-order chi connectivity index (χ0) is 11.4. The van der Waals surface area contributed by atoms with Gasteiger partial charge in [0.25, 0.3) is 0 Å². The van der Waals surface area contributed by atoms with Gasteiger partial charge < -0.3 is 0 Å². The van der Waals surface area contributed by atoms with E-state index in [1.54, 1.807) is 12.3 Å². The van der Waals surface area contributed by atoms with Crippen LogP contribution in [0.4, 0.5) is 4.39 Å². The summed E-state index contributed by atoms with van der Waals surface area (Å²) in [6.45, 7) is 2.00. The summed E-state index contributed by atoms with van der Waals surface area (Å²) in [5.41, 5.74) is 4.19. The second kappa shape index (κ2) is 5.37. The molecule has 1 aliphatic rings. The summed E-state index contributed by atoms with van der Waals surface area (Å²) in [5, 5.41) is 2.20. The molecule has 0 radical (unpaired) electrons. The lowest BCUT2D eigenvalue weighted by atomic mass is 9.96. The molecule has 0 aromatic carbocycles. The Kier molecular flexibility index (Phi) is 3.85. The van der Waals surface area contributed by atoms with Gasteiger partial charge in [-0.3, -0.25) is 10.4 Å². The molecule has 4 heteroatoms. The van der Waals surface area contributed by atoms with Gasteiger partial charge in [-0.25, -0.2) is 9.40 Å². The minimum absolute atomic E-state index is 0.238. The Morgan fingerprint density at radius 1 is 1.44 bits per heavy atom. The molecule has 2 heterocycles. The summed E-state index contributed by atoms with van der Waals surface area (Å²) in [5.74, 6) is 0.149. The Balaban J connectivity index is 2.12. The van der Waals surface area contributed by atoms with Crippen molar-refractivity contribution in [2.45, 2.75) is 25.2 Å². The van der Waals surface area contributed by atoms with Crippen LogP contribution in [0, 0.1) is 5.82 Å². The Bertz CT molecular complexity index is 343. The van der Waals surface area contributed by atoms with Crippen molar-refractivity contribution in [2.75, 3.05) is 20.1 Å². The average molecular weight is 223 g/mol. The Hall–Kier alpha value is -1.00. The van der Waals surface area contributed by atoms with E-state index in [-0.39, 0.29) is 5.82 Å². The molecular weight excluding hydrogens is 205 g/mol. The monoisotopic (exact) mass is 223 g/mol. The molecule has 1 aromatic heterocycles. The molecule has 1 aromatic rings. The molecular formula is C12H18FN3. The molecule has 2 rings (SSSR count). The number of nitrogens with zero attached hydrogens (tertiary/aromatic N) is 2. The second-order valence-corrected chi connectivity index (χ2v) is 4.30. The standard InChI is InChI=1S/C12H18FN3/c1-14-16-5-3-2-4-10(9-16)11-6-12(13)8-15-7-11/h6-8,10,14H,2-5,9H2,1H3/t10-/m0/s1. The van der Waals surface area contributed by atoms with E-state index in [2.05, 4.69) is 15.4 Å². The lowest BCUT2D eigenvalue weighted by molar-refractivity contribution is 0.207. The van der Waals surface area contributed by atoms with Gasteiger partial charge in [-0.05, 0) is 37.4 Å². The number of hydrogen-bond acceptors (Lipinski definition) is 3. The molecule has 1 atom stereocenters. The molecule has 1 aliphatic heterocycles. The third-order valence-electron chi connectivity index (χ3n) is 3.19. The number of hydrazine groups is 1. The van der Waals surface area contributed by atoms with Crippen LogP contribution in [0.5, 0.6) is 0 Å². The number of pyridine rings is 1. The van der Waals surface area contributed by atoms with Gasteiger partial charge in [0.2, 0.25) is 0 Å². The highest BCUT2D eigenvalue weighted by Crippen LogP contribution is 2.25. The Morgan fingerprint density at radius 3 is 3.06 bits per heavy atom. The molecule has 88 valence electrons. The minimum atomic E-state index is -0.238. The SMILES string of the molecule is CNN1CCCC[C@H](c2cncc(F)c2)C1. The van der Waals surface area contributed by atoms with Crippen LogP contribution in [0.15, 0.2) is 18.5 Å². The first-order chi connectivity index (χ1) is 7.79. The lowest BCUT2D eigenvalue weighted by Gasteiger charge is -2.23. The Labute approximate surface area is 95.6 Å². The van der Waals surface area contributed by atoms with E-state index in [9.17, 15) is 4.39 Å². The normalized spacial score (nSPS) is 23.0. The summed E-state index contributed by atoms with van der Waals surface area (Å²) < 4.78 is 13.1. The first-order valence-electron chi connectivity index (χ1n) is 5.82. The molecule has 1 saturated heterocycles. The predicted molar refractivity (Wildman–Crippen MR) is 61.4 cm³/mol. The zero-order valence-electron chi connectivity index (χ0n) is 9.62. The quantitative estimate of drug-likeness (QED) is 0.830. The zero-order valence-corrected chi connectivity index (χ0v) is 9.62. The number of nitrogens with one attached hydrogen (secondary N) is 1. The van der Waals surface area contributed by atoms with Crippen molar-refractivity contribution < 1.29 is 4.39 Å². The lowest BCUT2D eigenvalue weighted by Crippen LogP contribution is -2.37. The summed E-state index contributed by atoms with van der Waals surface area (Å²) in [6, 6.07) is 1.61. The van der Waals surface area contributed by atoms with Crippen LogP contribution < -0.4 is 5.43 Å². The molecule has 0 unspecified atom stereocenters. The molecule has 0 bridgehead atoms. The highest BCUT2D eigenvalue weighted by Gasteiger charge is 2.19. The molecule has 3 nitrogen and oxygen atoms in total. The van der Waals surface area contributed by atoms with Crippen molar-refractivity contribution in [2.24, 2.45) is 0 Å². The smallest absolute Gasteiger partial charge is 0.141 e. The molecule has 1 N–H and O–H groups in total. The van der Waals surface area contributed by atoms with Crippen LogP contribution in [-0.4, -0.2) is 30.1 Å². The summed E-state index contributed by atoms with van der Waals surface area (Å²) in [7, 11) is 1.94. The topological polar surface area (TPSA) is 28.2 Å². The second-order valence-electron chi connectivity index (χ2n) is 4.30. The van der Waals surface area contributed by atoms with Gasteiger partial charge >= 0.3 is 0 Å². The van der Waals surface area contributed by atoms with E-state index < -0.39 is 0 Å². The molecule has 0 aliphatic carbocycles. The minimum Gasteiger partial charge on any atom is -0.261 e. The van der Waals surface area contributed by atoms with E-state index in [0.29, 0.717) is 5.92 Å². The number of aromatic nitrogens is 1. The Morgan fingerprint density at radius 2 is 2.31 bits per heavy atom. The first-order valence-corrected chi connectivity index (χ1v) is 5.82. The van der Waals surface area contributed by atoms with Crippen LogP contribution in [0.3, 0.4) is 0 Å². The molecule has 0 spiro atoms. The largest absolute Gasteiger partial charge is 0.261 e. The van der Waals surface area contributed by atoms with Crippen LogP contribution in [-0.2, 0) is 0 Å². The molecule has 16 heavy (non-hydrogen) atoms. The van der Waals surface area contributed by atoms with Gasteiger partial charge in [0.15, 0.2) is 0 Å². The van der Waals surface area contributed by atoms with E-state index in [1.165, 1.54) is 19.0 Å². The number of halogens is 1. The first kappa shape index (κ1) is 11.5.